The van der Waals surface area contributed by atoms with E-state index in [1.165, 1.54) is 7.11 Å². The van der Waals surface area contributed by atoms with Crippen LogP contribution in [0, 0.1) is 6.92 Å². The summed E-state index contributed by atoms with van der Waals surface area (Å²) >= 11 is 0. The van der Waals surface area contributed by atoms with Crippen molar-refractivity contribution >= 4 is 5.97 Å². The van der Waals surface area contributed by atoms with E-state index in [2.05, 4.69) is 23.8 Å². The third-order valence-corrected chi connectivity index (χ3v) is 2.69. The van der Waals surface area contributed by atoms with Crippen LogP contribution in [0.5, 0.6) is 0 Å². The van der Waals surface area contributed by atoms with E-state index in [1.807, 2.05) is 19.9 Å². The van der Waals surface area contributed by atoms with Gasteiger partial charge in [-0.25, -0.2) is 9.97 Å². The summed E-state index contributed by atoms with van der Waals surface area (Å²) < 4.78 is 4.78. The molecule has 4 heteroatoms. The van der Waals surface area contributed by atoms with Crippen molar-refractivity contribution in [2.75, 3.05) is 7.11 Å². The standard InChI is InChI=1S/C13H20N2O2/c1-6-10(13(16)17-5)12-14-9(4)7-11(15-12)8(2)3/h7-8,10H,6H2,1-5H3. The van der Waals surface area contributed by atoms with E-state index in [-0.39, 0.29) is 11.9 Å². The van der Waals surface area contributed by atoms with Crippen molar-refractivity contribution in [3.63, 3.8) is 0 Å². The highest BCUT2D eigenvalue weighted by Crippen LogP contribution is 2.20. The number of aromatic nitrogens is 2. The summed E-state index contributed by atoms with van der Waals surface area (Å²) in [5, 5.41) is 0. The largest absolute Gasteiger partial charge is 0.468 e. The minimum Gasteiger partial charge on any atom is -0.468 e. The Hall–Kier alpha value is -1.45. The number of rotatable bonds is 4. The number of nitrogens with zero attached hydrogens (tertiary/aromatic N) is 2. The lowest BCUT2D eigenvalue weighted by atomic mass is 10.0. The van der Waals surface area contributed by atoms with Gasteiger partial charge in [0.15, 0.2) is 0 Å². The fourth-order valence-corrected chi connectivity index (χ4v) is 1.67. The van der Waals surface area contributed by atoms with E-state index >= 15 is 0 Å². The molecule has 1 unspecified atom stereocenters. The van der Waals surface area contributed by atoms with E-state index in [1.54, 1.807) is 0 Å². The molecule has 1 atom stereocenters. The van der Waals surface area contributed by atoms with E-state index in [9.17, 15) is 4.79 Å². The molecule has 0 aliphatic carbocycles. The summed E-state index contributed by atoms with van der Waals surface area (Å²) in [7, 11) is 1.39. The van der Waals surface area contributed by atoms with Crippen molar-refractivity contribution < 1.29 is 9.53 Å². The van der Waals surface area contributed by atoms with Gasteiger partial charge in [0.1, 0.15) is 11.7 Å². The van der Waals surface area contributed by atoms with E-state index in [4.69, 9.17) is 4.74 Å². The molecule has 1 aromatic rings. The average Bonchev–Trinajstić information content (AvgIpc) is 2.28. The first-order valence-electron chi connectivity index (χ1n) is 5.92. The molecule has 1 heterocycles. The molecule has 1 rings (SSSR count). The van der Waals surface area contributed by atoms with Gasteiger partial charge >= 0.3 is 5.97 Å². The summed E-state index contributed by atoms with van der Waals surface area (Å²) in [6, 6.07) is 1.96. The molecule has 0 spiro atoms. The topological polar surface area (TPSA) is 52.1 Å². The van der Waals surface area contributed by atoms with Crippen LogP contribution in [-0.2, 0) is 9.53 Å². The van der Waals surface area contributed by atoms with Gasteiger partial charge in [-0.05, 0) is 25.3 Å². The summed E-state index contributed by atoms with van der Waals surface area (Å²) in [5.41, 5.74) is 1.86. The maximum Gasteiger partial charge on any atom is 0.316 e. The molecule has 1 aromatic heterocycles. The fourth-order valence-electron chi connectivity index (χ4n) is 1.67. The summed E-state index contributed by atoms with van der Waals surface area (Å²) in [5.74, 6) is 0.263. The maximum atomic E-state index is 11.6. The number of hydrogen-bond acceptors (Lipinski definition) is 4. The molecule has 0 N–H and O–H groups in total. The van der Waals surface area contributed by atoms with Crippen LogP contribution in [0.4, 0.5) is 0 Å². The van der Waals surface area contributed by atoms with Gasteiger partial charge in [0.05, 0.1) is 7.11 Å². The van der Waals surface area contributed by atoms with E-state index < -0.39 is 0 Å². The molecule has 17 heavy (non-hydrogen) atoms. The molecular formula is C13H20N2O2. The van der Waals surface area contributed by atoms with Gasteiger partial charge in [-0.1, -0.05) is 20.8 Å². The lowest BCUT2D eigenvalue weighted by molar-refractivity contribution is -0.142. The van der Waals surface area contributed by atoms with Gasteiger partial charge in [-0.15, -0.1) is 0 Å². The Morgan fingerprint density at radius 3 is 2.53 bits per heavy atom. The van der Waals surface area contributed by atoms with Crippen molar-refractivity contribution in [2.24, 2.45) is 0 Å². The highest BCUT2D eigenvalue weighted by Gasteiger charge is 2.23. The number of hydrogen-bond donors (Lipinski definition) is 0. The van der Waals surface area contributed by atoms with Crippen LogP contribution in [0.25, 0.3) is 0 Å². The first-order valence-corrected chi connectivity index (χ1v) is 5.92. The lowest BCUT2D eigenvalue weighted by Crippen LogP contribution is -2.17. The second-order valence-electron chi connectivity index (χ2n) is 4.43. The summed E-state index contributed by atoms with van der Waals surface area (Å²) in [6.45, 7) is 8.00. The third-order valence-electron chi connectivity index (χ3n) is 2.69. The van der Waals surface area contributed by atoms with Crippen LogP contribution in [-0.4, -0.2) is 23.0 Å². The van der Waals surface area contributed by atoms with Crippen LogP contribution in [0.2, 0.25) is 0 Å². The minimum absolute atomic E-state index is 0.271. The first kappa shape index (κ1) is 13.6. The summed E-state index contributed by atoms with van der Waals surface area (Å²) in [4.78, 5) is 20.4. The Morgan fingerprint density at radius 2 is 2.06 bits per heavy atom. The Kier molecular flexibility index (Phi) is 4.61. The van der Waals surface area contributed by atoms with Crippen molar-refractivity contribution in [3.05, 3.63) is 23.3 Å². The van der Waals surface area contributed by atoms with Crippen molar-refractivity contribution in [2.45, 2.75) is 46.0 Å². The smallest absolute Gasteiger partial charge is 0.316 e. The SMILES string of the molecule is CCC(C(=O)OC)c1nc(C)cc(C(C)C)n1. The van der Waals surface area contributed by atoms with E-state index in [0.29, 0.717) is 18.2 Å². The molecule has 0 fully saturated rings. The number of carbonyl (C=O) groups is 1. The van der Waals surface area contributed by atoms with Crippen LogP contribution in [0.1, 0.15) is 56.2 Å². The molecule has 0 aromatic carbocycles. The lowest BCUT2D eigenvalue weighted by Gasteiger charge is -2.14. The zero-order valence-corrected chi connectivity index (χ0v) is 11.2. The molecule has 94 valence electrons. The van der Waals surface area contributed by atoms with Crippen LogP contribution in [0.3, 0.4) is 0 Å². The van der Waals surface area contributed by atoms with Crippen LogP contribution < -0.4 is 0 Å². The Bertz CT molecular complexity index is 402. The van der Waals surface area contributed by atoms with Crippen LogP contribution in [0.15, 0.2) is 6.07 Å². The predicted octanol–water partition coefficient (Wildman–Crippen LogP) is 2.58. The molecule has 0 aliphatic heterocycles. The highest BCUT2D eigenvalue weighted by atomic mass is 16.5. The molecular weight excluding hydrogens is 216 g/mol. The normalized spacial score (nSPS) is 12.6. The Labute approximate surface area is 102 Å². The van der Waals surface area contributed by atoms with Gasteiger partial charge in [0, 0.05) is 11.4 Å². The van der Waals surface area contributed by atoms with E-state index in [0.717, 1.165) is 11.4 Å². The van der Waals surface area contributed by atoms with Gasteiger partial charge in [0.25, 0.3) is 0 Å². The number of esters is 1. The van der Waals surface area contributed by atoms with Crippen LogP contribution >= 0.6 is 0 Å². The van der Waals surface area contributed by atoms with Gasteiger partial charge in [-0.3, -0.25) is 4.79 Å². The van der Waals surface area contributed by atoms with Crippen molar-refractivity contribution in [3.8, 4) is 0 Å². The fraction of sp³-hybridized carbons (Fsp3) is 0.615. The zero-order valence-electron chi connectivity index (χ0n) is 11.2. The first-order chi connectivity index (χ1) is 7.99. The molecule has 0 amide bonds. The Morgan fingerprint density at radius 1 is 1.41 bits per heavy atom. The second-order valence-corrected chi connectivity index (χ2v) is 4.43. The van der Waals surface area contributed by atoms with Gasteiger partial charge in [-0.2, -0.15) is 0 Å². The average molecular weight is 236 g/mol. The highest BCUT2D eigenvalue weighted by molar-refractivity contribution is 5.76. The molecule has 0 saturated carbocycles. The monoisotopic (exact) mass is 236 g/mol. The minimum atomic E-state index is -0.364. The molecule has 0 saturated heterocycles. The van der Waals surface area contributed by atoms with Gasteiger partial charge < -0.3 is 4.74 Å². The summed E-state index contributed by atoms with van der Waals surface area (Å²) in [6.07, 6.45) is 0.646. The second kappa shape index (κ2) is 5.75. The van der Waals surface area contributed by atoms with Gasteiger partial charge in [0.2, 0.25) is 0 Å². The predicted molar refractivity (Wildman–Crippen MR) is 65.9 cm³/mol. The molecule has 0 bridgehead atoms. The molecule has 4 nitrogen and oxygen atoms in total. The quantitative estimate of drug-likeness (QED) is 0.754. The number of ether oxygens (including phenoxy) is 1. The maximum absolute atomic E-state index is 11.6. The van der Waals surface area contributed by atoms with Crippen molar-refractivity contribution in [1.29, 1.82) is 0 Å². The molecule has 0 aliphatic rings. The third kappa shape index (κ3) is 3.25. The van der Waals surface area contributed by atoms with Crippen molar-refractivity contribution in [1.82, 2.24) is 9.97 Å². The number of carbonyl (C=O) groups excluding carboxylic acids is 1. The Balaban J connectivity index is 3.15. The number of aryl methyl sites for hydroxylation is 1. The zero-order chi connectivity index (χ0) is 13.0. The molecule has 0 radical (unpaired) electrons. The number of methoxy groups -OCH3 is 1.